The fourth-order valence-corrected chi connectivity index (χ4v) is 1.14. The number of hydrogen-bond acceptors (Lipinski definition) is 2. The third-order valence-corrected chi connectivity index (χ3v) is 3.67. The van der Waals surface area contributed by atoms with Crippen molar-refractivity contribution in [1.82, 2.24) is 5.32 Å². The van der Waals surface area contributed by atoms with Crippen LogP contribution in [0.2, 0.25) is 0 Å². The Morgan fingerprint density at radius 1 is 1.13 bits per heavy atom. The molecule has 0 fully saturated rings. The average molecular weight is 214 g/mol. The lowest BCUT2D eigenvalue weighted by atomic mass is 9.81. The Morgan fingerprint density at radius 2 is 1.67 bits per heavy atom. The van der Waals surface area contributed by atoms with E-state index in [0.29, 0.717) is 11.3 Å². The molecule has 0 unspecified atom stereocenters. The van der Waals surface area contributed by atoms with Crippen LogP contribution in [0.15, 0.2) is 0 Å². The van der Waals surface area contributed by atoms with Crippen molar-refractivity contribution in [3.05, 3.63) is 0 Å². The molecule has 0 radical (unpaired) electrons. The third-order valence-electron chi connectivity index (χ3n) is 3.67. The molecule has 92 valence electrons. The Hall–Kier alpha value is -0.0800. The lowest BCUT2D eigenvalue weighted by Crippen LogP contribution is -2.36. The Kier molecular flexibility index (Phi) is 5.82. The summed E-state index contributed by atoms with van der Waals surface area (Å²) in [4.78, 5) is 0. The maximum absolute atomic E-state index is 5.69. The first kappa shape index (κ1) is 14.9. The molecule has 0 amide bonds. The van der Waals surface area contributed by atoms with Crippen LogP contribution in [-0.2, 0) is 0 Å². The molecule has 0 aliphatic heterocycles. The van der Waals surface area contributed by atoms with Gasteiger partial charge in [0.15, 0.2) is 0 Å². The molecule has 2 nitrogen and oxygen atoms in total. The molecule has 0 bridgehead atoms. The largest absolute Gasteiger partial charge is 0.330 e. The van der Waals surface area contributed by atoms with Crippen molar-refractivity contribution in [3.8, 4) is 0 Å². The number of nitrogens with one attached hydrogen (secondary N) is 1. The second kappa shape index (κ2) is 5.86. The van der Waals surface area contributed by atoms with Gasteiger partial charge in [0.05, 0.1) is 0 Å². The van der Waals surface area contributed by atoms with Crippen LogP contribution < -0.4 is 11.1 Å². The predicted octanol–water partition coefficient (Wildman–Crippen LogP) is 2.63. The maximum Gasteiger partial charge on any atom is 0.000497 e. The SMILES string of the molecule is CC(C)C(C)(C)CNCCC(C)(C)CN. The van der Waals surface area contributed by atoms with E-state index in [-0.39, 0.29) is 5.41 Å². The van der Waals surface area contributed by atoms with E-state index in [9.17, 15) is 0 Å². The molecule has 15 heavy (non-hydrogen) atoms. The zero-order valence-corrected chi connectivity index (χ0v) is 11.5. The van der Waals surface area contributed by atoms with Gasteiger partial charge in [-0.25, -0.2) is 0 Å². The van der Waals surface area contributed by atoms with Crippen LogP contribution in [0.4, 0.5) is 0 Å². The van der Waals surface area contributed by atoms with E-state index in [1.165, 1.54) is 0 Å². The molecule has 0 saturated heterocycles. The number of nitrogens with two attached hydrogens (primary N) is 1. The highest BCUT2D eigenvalue weighted by Crippen LogP contribution is 2.25. The fourth-order valence-electron chi connectivity index (χ4n) is 1.14. The quantitative estimate of drug-likeness (QED) is 0.639. The standard InChI is InChI=1S/C13H30N2/c1-11(2)13(5,6)10-15-8-7-12(3,4)9-14/h11,15H,7-10,14H2,1-6H3. The zero-order chi connectivity index (χ0) is 12.1. The summed E-state index contributed by atoms with van der Waals surface area (Å²) in [6.07, 6.45) is 1.15. The molecule has 3 N–H and O–H groups in total. The summed E-state index contributed by atoms with van der Waals surface area (Å²) >= 11 is 0. The summed E-state index contributed by atoms with van der Waals surface area (Å²) in [5, 5.41) is 3.54. The summed E-state index contributed by atoms with van der Waals surface area (Å²) in [5.74, 6) is 0.715. The average Bonchev–Trinajstić information content (AvgIpc) is 2.12. The summed E-state index contributed by atoms with van der Waals surface area (Å²) in [6.45, 7) is 16.6. The fraction of sp³-hybridized carbons (Fsp3) is 1.00. The predicted molar refractivity (Wildman–Crippen MR) is 68.9 cm³/mol. The highest BCUT2D eigenvalue weighted by Gasteiger charge is 2.22. The van der Waals surface area contributed by atoms with Gasteiger partial charge >= 0.3 is 0 Å². The molecular formula is C13H30N2. The van der Waals surface area contributed by atoms with Crippen LogP contribution in [0, 0.1) is 16.7 Å². The van der Waals surface area contributed by atoms with Crippen LogP contribution in [0.1, 0.15) is 48.0 Å². The second-order valence-electron chi connectivity index (χ2n) is 6.44. The minimum atomic E-state index is 0.273. The van der Waals surface area contributed by atoms with E-state index in [0.717, 1.165) is 26.1 Å². The maximum atomic E-state index is 5.69. The van der Waals surface area contributed by atoms with Gasteiger partial charge in [-0.05, 0) is 36.3 Å². The third kappa shape index (κ3) is 6.16. The van der Waals surface area contributed by atoms with Crippen molar-refractivity contribution in [2.45, 2.75) is 48.0 Å². The second-order valence-corrected chi connectivity index (χ2v) is 6.44. The van der Waals surface area contributed by atoms with Crippen molar-refractivity contribution in [2.24, 2.45) is 22.5 Å². The lowest BCUT2D eigenvalue weighted by molar-refractivity contribution is 0.231. The smallest absolute Gasteiger partial charge is 0.000497 e. The van der Waals surface area contributed by atoms with E-state index in [2.05, 4.69) is 46.9 Å². The van der Waals surface area contributed by atoms with Gasteiger partial charge in [-0.15, -0.1) is 0 Å². The Morgan fingerprint density at radius 3 is 2.07 bits per heavy atom. The normalized spacial score (nSPS) is 13.6. The topological polar surface area (TPSA) is 38.0 Å². The summed E-state index contributed by atoms with van der Waals surface area (Å²) in [7, 11) is 0. The Balaban J connectivity index is 3.72. The molecule has 0 aromatic heterocycles. The van der Waals surface area contributed by atoms with Gasteiger partial charge in [0.25, 0.3) is 0 Å². The van der Waals surface area contributed by atoms with Gasteiger partial charge in [0.1, 0.15) is 0 Å². The number of rotatable bonds is 7. The summed E-state index contributed by atoms with van der Waals surface area (Å²) < 4.78 is 0. The van der Waals surface area contributed by atoms with E-state index < -0.39 is 0 Å². The zero-order valence-electron chi connectivity index (χ0n) is 11.5. The molecule has 0 spiro atoms. The van der Waals surface area contributed by atoms with Gasteiger partial charge in [-0.2, -0.15) is 0 Å². The first-order valence-corrected chi connectivity index (χ1v) is 6.12. The first-order valence-electron chi connectivity index (χ1n) is 6.12. The molecule has 0 aliphatic carbocycles. The van der Waals surface area contributed by atoms with Crippen LogP contribution in [0.3, 0.4) is 0 Å². The van der Waals surface area contributed by atoms with Crippen LogP contribution in [0.25, 0.3) is 0 Å². The molecular weight excluding hydrogens is 184 g/mol. The van der Waals surface area contributed by atoms with Crippen LogP contribution >= 0.6 is 0 Å². The number of hydrogen-bond donors (Lipinski definition) is 2. The summed E-state index contributed by atoms with van der Waals surface area (Å²) in [6, 6.07) is 0. The van der Waals surface area contributed by atoms with Gasteiger partial charge in [0, 0.05) is 6.54 Å². The van der Waals surface area contributed by atoms with Crippen molar-refractivity contribution in [2.75, 3.05) is 19.6 Å². The van der Waals surface area contributed by atoms with Crippen LogP contribution in [0.5, 0.6) is 0 Å². The van der Waals surface area contributed by atoms with Crippen molar-refractivity contribution < 1.29 is 0 Å². The Bertz CT molecular complexity index is 171. The monoisotopic (exact) mass is 214 g/mol. The van der Waals surface area contributed by atoms with E-state index in [1.54, 1.807) is 0 Å². The van der Waals surface area contributed by atoms with Gasteiger partial charge in [-0.1, -0.05) is 41.5 Å². The molecule has 0 saturated carbocycles. The molecule has 2 heteroatoms. The minimum absolute atomic E-state index is 0.273. The molecule has 0 aromatic carbocycles. The highest BCUT2D eigenvalue weighted by molar-refractivity contribution is 4.76. The highest BCUT2D eigenvalue weighted by atomic mass is 14.9. The van der Waals surface area contributed by atoms with Crippen molar-refractivity contribution in [3.63, 3.8) is 0 Å². The molecule has 0 heterocycles. The van der Waals surface area contributed by atoms with Gasteiger partial charge in [-0.3, -0.25) is 0 Å². The molecule has 0 aliphatic rings. The van der Waals surface area contributed by atoms with Crippen molar-refractivity contribution >= 4 is 0 Å². The van der Waals surface area contributed by atoms with E-state index in [1.807, 2.05) is 0 Å². The molecule has 0 aromatic rings. The summed E-state index contributed by atoms with van der Waals surface area (Å²) in [5.41, 5.74) is 6.35. The van der Waals surface area contributed by atoms with Crippen LogP contribution in [-0.4, -0.2) is 19.6 Å². The van der Waals surface area contributed by atoms with Gasteiger partial charge in [0.2, 0.25) is 0 Å². The molecule has 0 rings (SSSR count). The Labute approximate surface area is 96.0 Å². The lowest BCUT2D eigenvalue weighted by Gasteiger charge is -2.30. The minimum Gasteiger partial charge on any atom is -0.330 e. The molecule has 0 atom stereocenters. The van der Waals surface area contributed by atoms with E-state index >= 15 is 0 Å². The van der Waals surface area contributed by atoms with Gasteiger partial charge < -0.3 is 11.1 Å². The first-order chi connectivity index (χ1) is 6.71. The van der Waals surface area contributed by atoms with Crippen molar-refractivity contribution in [1.29, 1.82) is 0 Å². The van der Waals surface area contributed by atoms with E-state index in [4.69, 9.17) is 5.73 Å².